The van der Waals surface area contributed by atoms with E-state index in [1.54, 1.807) is 0 Å². The van der Waals surface area contributed by atoms with Gasteiger partial charge in [0.2, 0.25) is 0 Å². The highest BCUT2D eigenvalue weighted by Crippen LogP contribution is 2.43. The number of aliphatic hydroxyl groups is 1. The Morgan fingerprint density at radius 1 is 0.362 bits per heavy atom. The number of carbonyl (C=O) groups is 3. The fraction of sp³-hybridized carbons (Fsp3) is 0.750. The molecule has 0 radical (unpaired) electrons. The molecule has 0 spiro atoms. The van der Waals surface area contributed by atoms with Crippen LogP contribution in [-0.2, 0) is 42.2 Å². The van der Waals surface area contributed by atoms with E-state index < -0.39 is 57.8 Å². The number of hydrogen-bond donors (Lipinski definition) is 2. The largest absolute Gasteiger partial charge is 0.472 e. The Kier molecular flexibility index (Phi) is 59.1. The Bertz CT molecular complexity index is 1670. The summed E-state index contributed by atoms with van der Waals surface area (Å²) in [6.45, 7) is 4.50. The first-order valence-corrected chi connectivity index (χ1v) is 34.0. The van der Waals surface area contributed by atoms with Gasteiger partial charge in [0.25, 0.3) is 0 Å². The van der Waals surface area contributed by atoms with Gasteiger partial charge >= 0.3 is 25.7 Å². The van der Waals surface area contributed by atoms with Crippen LogP contribution in [0.3, 0.4) is 0 Å². The molecule has 3 atom stereocenters. The first-order chi connectivity index (χ1) is 39.2. The molecule has 0 fully saturated rings. The third-order valence-electron chi connectivity index (χ3n) is 13.8. The molecule has 0 heterocycles. The molecular formula is C68H119O11P. The topological polar surface area (TPSA) is 155 Å². The predicted octanol–water partition coefficient (Wildman–Crippen LogP) is 19.8. The summed E-state index contributed by atoms with van der Waals surface area (Å²) in [5.41, 5.74) is 0. The lowest BCUT2D eigenvalue weighted by Gasteiger charge is -2.21. The van der Waals surface area contributed by atoms with Gasteiger partial charge in [0.05, 0.1) is 19.8 Å². The van der Waals surface area contributed by atoms with Crippen LogP contribution >= 0.6 is 7.82 Å². The van der Waals surface area contributed by atoms with Gasteiger partial charge in [0, 0.05) is 19.3 Å². The van der Waals surface area contributed by atoms with Gasteiger partial charge in [-0.15, -0.1) is 0 Å². The predicted molar refractivity (Wildman–Crippen MR) is 334 cm³/mol. The summed E-state index contributed by atoms with van der Waals surface area (Å²) in [5, 5.41) is 9.85. The number of aliphatic hydroxyl groups excluding tert-OH is 1. The van der Waals surface area contributed by atoms with E-state index in [1.165, 1.54) is 128 Å². The quantitative estimate of drug-likeness (QED) is 0.0197. The molecule has 0 saturated heterocycles. The van der Waals surface area contributed by atoms with Gasteiger partial charge in [0.15, 0.2) is 6.10 Å². The molecule has 2 N–H and O–H groups in total. The van der Waals surface area contributed by atoms with Gasteiger partial charge in [-0.3, -0.25) is 23.4 Å². The van der Waals surface area contributed by atoms with Crippen LogP contribution in [0.2, 0.25) is 0 Å². The minimum absolute atomic E-state index is 0.146. The Morgan fingerprint density at radius 3 is 1.04 bits per heavy atom. The Morgan fingerprint density at radius 2 is 0.650 bits per heavy atom. The van der Waals surface area contributed by atoms with Crippen molar-refractivity contribution in [1.82, 2.24) is 0 Å². The van der Waals surface area contributed by atoms with Gasteiger partial charge in [-0.2, -0.15) is 0 Å². The lowest BCUT2D eigenvalue weighted by Crippen LogP contribution is -2.30. The second-order valence-corrected chi connectivity index (χ2v) is 23.0. The standard InChI is InChI=1S/C68H119O11P/c1-4-7-10-13-16-19-22-25-28-31-32-35-38-41-44-47-50-53-56-59-68(72)79-65(61-75-66(70)57-54-51-48-45-42-39-36-33-29-26-23-20-17-14-11-8-5-2)63-77-80(73,74)76-62-64(60-69)78-67(71)58-55-52-49-46-43-40-37-34-30-27-24-21-18-15-12-9-6-3/h9,12,17-18,20-21,25-30,37,40,64-65,69H,4-8,10-11,13-16,19,22-24,31-36,38-39,41-63H2,1-3H3,(H,73,74)/b12-9-,20-17-,21-18-,28-25-,29-26-,30-27-,40-37-. The SMILES string of the molecule is CC/C=C\C/C=C\C/C=C\C/C=C\CCCCCCC(=O)OC(CO)COP(=O)(O)OCC(COC(=O)CCCCCCCCC/C=C\C/C=C\CCCCC)OC(=O)CCCCCCCCCCC/C=C\CCCCCCCC. The van der Waals surface area contributed by atoms with Gasteiger partial charge in [-0.05, 0) is 116 Å². The monoisotopic (exact) mass is 1140 g/mol. The average molecular weight is 1140 g/mol. The molecule has 0 aliphatic carbocycles. The number of phosphoric acid groups is 1. The maximum atomic E-state index is 13.0. The van der Waals surface area contributed by atoms with Crippen molar-refractivity contribution in [3.05, 3.63) is 85.1 Å². The Labute approximate surface area is 490 Å². The number of carbonyl (C=O) groups excluding carboxylic acids is 3. The van der Waals surface area contributed by atoms with Crippen LogP contribution < -0.4 is 0 Å². The van der Waals surface area contributed by atoms with Crippen molar-refractivity contribution in [3.8, 4) is 0 Å². The first kappa shape index (κ1) is 76.7. The molecule has 0 rings (SSSR count). The summed E-state index contributed by atoms with van der Waals surface area (Å²) in [7, 11) is -4.77. The number of rotatable bonds is 60. The van der Waals surface area contributed by atoms with Crippen LogP contribution in [0.15, 0.2) is 85.1 Å². The van der Waals surface area contributed by atoms with Crippen LogP contribution in [0.4, 0.5) is 0 Å². The molecule has 0 aromatic rings. The van der Waals surface area contributed by atoms with Gasteiger partial charge in [-0.1, -0.05) is 241 Å². The zero-order chi connectivity index (χ0) is 58.3. The molecule has 0 amide bonds. The number of ether oxygens (including phenoxy) is 3. The maximum Gasteiger partial charge on any atom is 0.472 e. The molecule has 11 nitrogen and oxygen atoms in total. The Balaban J connectivity index is 4.73. The van der Waals surface area contributed by atoms with E-state index in [4.69, 9.17) is 23.3 Å². The zero-order valence-corrected chi connectivity index (χ0v) is 52.2. The van der Waals surface area contributed by atoms with E-state index in [-0.39, 0.29) is 25.9 Å². The summed E-state index contributed by atoms with van der Waals surface area (Å²) >= 11 is 0. The number of esters is 3. The van der Waals surface area contributed by atoms with E-state index in [0.29, 0.717) is 19.3 Å². The van der Waals surface area contributed by atoms with Gasteiger partial charge in [0.1, 0.15) is 12.7 Å². The van der Waals surface area contributed by atoms with E-state index in [9.17, 15) is 28.9 Å². The summed E-state index contributed by atoms with van der Waals surface area (Å²) in [6.07, 6.45) is 72.4. The molecule has 0 aromatic heterocycles. The van der Waals surface area contributed by atoms with Crippen molar-refractivity contribution >= 4 is 25.7 Å². The molecule has 0 bridgehead atoms. The van der Waals surface area contributed by atoms with Crippen molar-refractivity contribution in [2.75, 3.05) is 26.4 Å². The van der Waals surface area contributed by atoms with Crippen molar-refractivity contribution in [2.24, 2.45) is 0 Å². The molecule has 3 unspecified atom stereocenters. The van der Waals surface area contributed by atoms with Crippen molar-refractivity contribution in [3.63, 3.8) is 0 Å². The van der Waals surface area contributed by atoms with Crippen LogP contribution in [0.5, 0.6) is 0 Å². The normalized spacial score (nSPS) is 13.8. The highest BCUT2D eigenvalue weighted by atomic mass is 31.2. The van der Waals surface area contributed by atoms with E-state index >= 15 is 0 Å². The molecule has 80 heavy (non-hydrogen) atoms. The van der Waals surface area contributed by atoms with E-state index in [0.717, 1.165) is 103 Å². The smallest absolute Gasteiger partial charge is 0.462 e. The minimum atomic E-state index is -4.77. The Hall–Kier alpha value is -3.34. The molecular weight excluding hydrogens is 1020 g/mol. The zero-order valence-electron chi connectivity index (χ0n) is 51.3. The minimum Gasteiger partial charge on any atom is -0.462 e. The number of unbranched alkanes of at least 4 members (excludes halogenated alkanes) is 29. The third kappa shape index (κ3) is 59.3. The van der Waals surface area contributed by atoms with E-state index in [1.807, 2.05) is 0 Å². The lowest BCUT2D eigenvalue weighted by atomic mass is 10.1. The molecule has 0 saturated carbocycles. The first-order valence-electron chi connectivity index (χ1n) is 32.5. The highest BCUT2D eigenvalue weighted by Gasteiger charge is 2.28. The van der Waals surface area contributed by atoms with Gasteiger partial charge in [-0.25, -0.2) is 4.57 Å². The number of hydrogen-bond acceptors (Lipinski definition) is 10. The molecule has 462 valence electrons. The molecule has 0 aliphatic rings. The highest BCUT2D eigenvalue weighted by molar-refractivity contribution is 7.47. The van der Waals surface area contributed by atoms with Crippen LogP contribution in [0, 0.1) is 0 Å². The molecule has 12 heteroatoms. The van der Waals surface area contributed by atoms with E-state index in [2.05, 4.69) is 106 Å². The van der Waals surface area contributed by atoms with Crippen molar-refractivity contribution in [2.45, 2.75) is 303 Å². The van der Waals surface area contributed by atoms with Crippen LogP contribution in [0.1, 0.15) is 290 Å². The average Bonchev–Trinajstić information content (AvgIpc) is 3.45. The molecule has 0 aliphatic heterocycles. The summed E-state index contributed by atoms with van der Waals surface area (Å²) in [5.74, 6) is -1.49. The lowest BCUT2D eigenvalue weighted by molar-refractivity contribution is -0.161. The fourth-order valence-electron chi connectivity index (χ4n) is 8.84. The fourth-order valence-corrected chi connectivity index (χ4v) is 9.63. The second kappa shape index (κ2) is 61.7. The van der Waals surface area contributed by atoms with Crippen molar-refractivity contribution < 1.29 is 52.2 Å². The number of phosphoric ester groups is 1. The van der Waals surface area contributed by atoms with Crippen LogP contribution in [-0.4, -0.2) is 66.5 Å². The van der Waals surface area contributed by atoms with Crippen molar-refractivity contribution in [1.29, 1.82) is 0 Å². The third-order valence-corrected chi connectivity index (χ3v) is 14.7. The molecule has 0 aromatic carbocycles. The number of allylic oxidation sites excluding steroid dienone is 14. The second-order valence-electron chi connectivity index (χ2n) is 21.5. The van der Waals surface area contributed by atoms with Crippen LogP contribution in [0.25, 0.3) is 0 Å². The summed E-state index contributed by atoms with van der Waals surface area (Å²) < 4.78 is 39.7. The van der Waals surface area contributed by atoms with Gasteiger partial charge < -0.3 is 24.2 Å². The summed E-state index contributed by atoms with van der Waals surface area (Å²) in [4.78, 5) is 48.8. The summed E-state index contributed by atoms with van der Waals surface area (Å²) in [6, 6.07) is 0. The maximum absolute atomic E-state index is 13.0.